The lowest BCUT2D eigenvalue weighted by molar-refractivity contribution is 0.318. The molecular formula is C16H18ClNOS. The lowest BCUT2D eigenvalue weighted by Gasteiger charge is -2.08. The normalized spacial score (nSPS) is 10.5. The highest BCUT2D eigenvalue weighted by molar-refractivity contribution is 7.99. The van der Waals surface area contributed by atoms with E-state index in [-0.39, 0.29) is 0 Å². The largest absolute Gasteiger partial charge is 0.494 e. The molecule has 0 unspecified atom stereocenters. The van der Waals surface area contributed by atoms with Gasteiger partial charge in [0.15, 0.2) is 0 Å². The van der Waals surface area contributed by atoms with Crippen LogP contribution in [0, 0.1) is 6.92 Å². The van der Waals surface area contributed by atoms with Crippen LogP contribution in [0.2, 0.25) is 5.02 Å². The molecule has 4 heteroatoms. The first kappa shape index (κ1) is 15.1. The molecule has 0 aromatic heterocycles. The van der Waals surface area contributed by atoms with E-state index in [0.29, 0.717) is 11.6 Å². The summed E-state index contributed by atoms with van der Waals surface area (Å²) in [5.74, 6) is 1.90. The van der Waals surface area contributed by atoms with Gasteiger partial charge in [-0.1, -0.05) is 23.7 Å². The highest BCUT2D eigenvalue weighted by atomic mass is 35.5. The van der Waals surface area contributed by atoms with Crippen LogP contribution in [0.1, 0.15) is 12.0 Å². The second-order valence-electron chi connectivity index (χ2n) is 4.55. The van der Waals surface area contributed by atoms with Crippen LogP contribution in [0.4, 0.5) is 5.69 Å². The minimum Gasteiger partial charge on any atom is -0.494 e. The molecule has 2 nitrogen and oxygen atoms in total. The van der Waals surface area contributed by atoms with Crippen molar-refractivity contribution in [3.8, 4) is 5.75 Å². The highest BCUT2D eigenvalue weighted by Gasteiger charge is 2.01. The van der Waals surface area contributed by atoms with Crippen molar-refractivity contribution in [3.05, 3.63) is 53.1 Å². The molecule has 0 amide bonds. The maximum absolute atomic E-state index is 5.91. The third-order valence-electron chi connectivity index (χ3n) is 2.78. The van der Waals surface area contributed by atoms with Crippen LogP contribution in [0.15, 0.2) is 47.4 Å². The summed E-state index contributed by atoms with van der Waals surface area (Å²) in [5, 5.41) is 0.676. The molecule has 0 atom stereocenters. The second-order valence-corrected chi connectivity index (χ2v) is 6.12. The number of anilines is 1. The number of thioether (sulfide) groups is 1. The second kappa shape index (κ2) is 7.46. The van der Waals surface area contributed by atoms with Crippen molar-refractivity contribution in [2.75, 3.05) is 18.1 Å². The fourth-order valence-corrected chi connectivity index (χ4v) is 2.84. The molecule has 2 rings (SSSR count). The van der Waals surface area contributed by atoms with Crippen molar-refractivity contribution >= 4 is 29.1 Å². The Bertz CT molecular complexity index is 574. The Kier molecular flexibility index (Phi) is 5.62. The molecule has 0 spiro atoms. The van der Waals surface area contributed by atoms with Gasteiger partial charge in [-0.25, -0.2) is 0 Å². The summed E-state index contributed by atoms with van der Waals surface area (Å²) in [6, 6.07) is 13.7. The molecule has 0 aliphatic heterocycles. The molecule has 0 saturated heterocycles. The highest BCUT2D eigenvalue weighted by Crippen LogP contribution is 2.28. The first-order chi connectivity index (χ1) is 9.65. The Hall–Kier alpha value is -1.32. The number of rotatable bonds is 6. The van der Waals surface area contributed by atoms with Crippen molar-refractivity contribution in [1.29, 1.82) is 0 Å². The van der Waals surface area contributed by atoms with Gasteiger partial charge in [0, 0.05) is 21.4 Å². The summed E-state index contributed by atoms with van der Waals surface area (Å²) in [6.07, 6.45) is 0.973. The summed E-state index contributed by atoms with van der Waals surface area (Å²) < 4.78 is 5.71. The summed E-state index contributed by atoms with van der Waals surface area (Å²) in [5.41, 5.74) is 7.86. The van der Waals surface area contributed by atoms with E-state index in [0.717, 1.165) is 28.5 Å². The van der Waals surface area contributed by atoms with Gasteiger partial charge < -0.3 is 10.5 Å². The predicted octanol–water partition coefficient (Wildman–Crippen LogP) is 4.79. The van der Waals surface area contributed by atoms with E-state index in [1.165, 1.54) is 5.56 Å². The molecule has 0 saturated carbocycles. The fraction of sp³-hybridized carbons (Fsp3) is 0.250. The lowest BCUT2D eigenvalue weighted by Crippen LogP contribution is -1.99. The van der Waals surface area contributed by atoms with E-state index in [9.17, 15) is 0 Å². The smallest absolute Gasteiger partial charge is 0.119 e. The Labute approximate surface area is 129 Å². The van der Waals surface area contributed by atoms with Crippen LogP contribution in [0.5, 0.6) is 5.75 Å². The Morgan fingerprint density at radius 2 is 2.05 bits per heavy atom. The van der Waals surface area contributed by atoms with Gasteiger partial charge >= 0.3 is 0 Å². The van der Waals surface area contributed by atoms with Crippen LogP contribution in [-0.2, 0) is 0 Å². The van der Waals surface area contributed by atoms with Gasteiger partial charge in [-0.15, -0.1) is 11.8 Å². The Balaban J connectivity index is 1.71. The minimum absolute atomic E-state index is 0.676. The van der Waals surface area contributed by atoms with Crippen LogP contribution in [0.25, 0.3) is 0 Å². The molecular weight excluding hydrogens is 290 g/mol. The number of halogens is 1. The standard InChI is InChI=1S/C16H18ClNOS/c1-12-4-2-5-14(10-12)19-8-3-9-20-16-7-6-13(17)11-15(16)18/h2,4-7,10-11H,3,8-9,18H2,1H3. The van der Waals surface area contributed by atoms with Crippen molar-refractivity contribution in [2.45, 2.75) is 18.2 Å². The lowest BCUT2D eigenvalue weighted by atomic mass is 10.2. The van der Waals surface area contributed by atoms with Crippen molar-refractivity contribution in [1.82, 2.24) is 0 Å². The fourth-order valence-electron chi connectivity index (χ4n) is 1.79. The van der Waals surface area contributed by atoms with Gasteiger partial charge in [-0.2, -0.15) is 0 Å². The number of hydrogen-bond donors (Lipinski definition) is 1. The minimum atomic E-state index is 0.676. The van der Waals surface area contributed by atoms with Gasteiger partial charge in [0.2, 0.25) is 0 Å². The number of nitrogens with two attached hydrogens (primary N) is 1. The van der Waals surface area contributed by atoms with E-state index < -0.39 is 0 Å². The Morgan fingerprint density at radius 1 is 1.20 bits per heavy atom. The van der Waals surface area contributed by atoms with Crippen LogP contribution in [-0.4, -0.2) is 12.4 Å². The molecule has 20 heavy (non-hydrogen) atoms. The molecule has 2 N–H and O–H groups in total. The van der Waals surface area contributed by atoms with Gasteiger partial charge in [0.05, 0.1) is 6.61 Å². The molecule has 0 aliphatic carbocycles. The summed E-state index contributed by atoms with van der Waals surface area (Å²) in [4.78, 5) is 1.07. The molecule has 0 heterocycles. The molecule has 0 aliphatic rings. The number of benzene rings is 2. The monoisotopic (exact) mass is 307 g/mol. The van der Waals surface area contributed by atoms with Crippen LogP contribution < -0.4 is 10.5 Å². The van der Waals surface area contributed by atoms with E-state index in [2.05, 4.69) is 13.0 Å². The maximum Gasteiger partial charge on any atom is 0.119 e. The van der Waals surface area contributed by atoms with Gasteiger partial charge in [0.25, 0.3) is 0 Å². The van der Waals surface area contributed by atoms with Gasteiger partial charge in [-0.05, 0) is 49.2 Å². The number of aryl methyl sites for hydroxylation is 1. The molecule has 0 bridgehead atoms. The number of hydrogen-bond acceptors (Lipinski definition) is 3. The van der Waals surface area contributed by atoms with E-state index >= 15 is 0 Å². The summed E-state index contributed by atoms with van der Waals surface area (Å²) in [6.45, 7) is 2.77. The average Bonchev–Trinajstić information content (AvgIpc) is 2.41. The van der Waals surface area contributed by atoms with Crippen LogP contribution in [0.3, 0.4) is 0 Å². The molecule has 2 aromatic carbocycles. The molecule has 0 fully saturated rings. The number of nitrogen functional groups attached to an aromatic ring is 1. The third-order valence-corrected chi connectivity index (χ3v) is 4.19. The Morgan fingerprint density at radius 3 is 2.80 bits per heavy atom. The SMILES string of the molecule is Cc1cccc(OCCCSc2ccc(Cl)cc2N)c1. The van der Waals surface area contributed by atoms with E-state index in [1.807, 2.05) is 30.3 Å². The topological polar surface area (TPSA) is 35.2 Å². The first-order valence-electron chi connectivity index (χ1n) is 6.52. The third kappa shape index (κ3) is 4.66. The predicted molar refractivity (Wildman–Crippen MR) is 87.9 cm³/mol. The van der Waals surface area contributed by atoms with E-state index in [4.69, 9.17) is 22.1 Å². The number of ether oxygens (including phenoxy) is 1. The van der Waals surface area contributed by atoms with Gasteiger partial charge in [0.1, 0.15) is 5.75 Å². The summed E-state index contributed by atoms with van der Waals surface area (Å²) in [7, 11) is 0. The molecule has 2 aromatic rings. The van der Waals surface area contributed by atoms with Crippen molar-refractivity contribution in [2.24, 2.45) is 0 Å². The van der Waals surface area contributed by atoms with E-state index in [1.54, 1.807) is 17.8 Å². The zero-order valence-corrected chi connectivity index (χ0v) is 13.0. The quantitative estimate of drug-likeness (QED) is 0.473. The molecule has 0 radical (unpaired) electrons. The van der Waals surface area contributed by atoms with Gasteiger partial charge in [-0.3, -0.25) is 0 Å². The summed E-state index contributed by atoms with van der Waals surface area (Å²) >= 11 is 7.60. The van der Waals surface area contributed by atoms with Crippen molar-refractivity contribution < 1.29 is 4.74 Å². The van der Waals surface area contributed by atoms with Crippen LogP contribution >= 0.6 is 23.4 Å². The first-order valence-corrected chi connectivity index (χ1v) is 7.89. The average molecular weight is 308 g/mol. The zero-order chi connectivity index (χ0) is 14.4. The molecule has 106 valence electrons. The zero-order valence-electron chi connectivity index (χ0n) is 11.4. The van der Waals surface area contributed by atoms with Crippen molar-refractivity contribution in [3.63, 3.8) is 0 Å². The maximum atomic E-state index is 5.91.